The third kappa shape index (κ3) is 4.20. The average molecular weight is 289 g/mol. The van der Waals surface area contributed by atoms with Crippen LogP contribution in [0.2, 0.25) is 0 Å². The van der Waals surface area contributed by atoms with Gasteiger partial charge in [-0.15, -0.1) is 0 Å². The van der Waals surface area contributed by atoms with Crippen LogP contribution in [0.5, 0.6) is 11.5 Å². The Hall–Kier alpha value is -2.07. The molecule has 2 rings (SSSR count). The molecule has 0 bridgehead atoms. The first kappa shape index (κ1) is 15.3. The Balaban J connectivity index is 1.93. The second-order valence-electron chi connectivity index (χ2n) is 4.77. The summed E-state index contributed by atoms with van der Waals surface area (Å²) in [6, 6.07) is 14.1. The lowest BCUT2D eigenvalue weighted by molar-refractivity contribution is 0.295. The maximum absolute atomic E-state index is 13.8. The molecule has 0 amide bonds. The van der Waals surface area contributed by atoms with E-state index in [0.29, 0.717) is 25.1 Å². The quantitative estimate of drug-likeness (QED) is 0.850. The van der Waals surface area contributed by atoms with E-state index in [-0.39, 0.29) is 11.7 Å². The lowest BCUT2D eigenvalue weighted by Crippen LogP contribution is -2.16. The number of rotatable bonds is 7. The molecule has 4 heteroatoms. The molecule has 0 heterocycles. The zero-order valence-corrected chi connectivity index (χ0v) is 12.1. The molecule has 2 aromatic rings. The van der Waals surface area contributed by atoms with Crippen molar-refractivity contribution in [1.29, 1.82) is 0 Å². The summed E-state index contributed by atoms with van der Waals surface area (Å²) < 4.78 is 24.6. The van der Waals surface area contributed by atoms with Gasteiger partial charge in [0.15, 0.2) is 0 Å². The van der Waals surface area contributed by atoms with Crippen molar-refractivity contribution in [2.75, 3.05) is 20.3 Å². The summed E-state index contributed by atoms with van der Waals surface area (Å²) in [6.45, 7) is 0.867. The molecule has 112 valence electrons. The Morgan fingerprint density at radius 1 is 1.10 bits per heavy atom. The summed E-state index contributed by atoms with van der Waals surface area (Å²) in [5.41, 5.74) is 6.40. The third-order valence-electron chi connectivity index (χ3n) is 3.41. The van der Waals surface area contributed by atoms with Crippen LogP contribution in [0.4, 0.5) is 4.39 Å². The van der Waals surface area contributed by atoms with Crippen molar-refractivity contribution in [1.82, 2.24) is 0 Å². The Morgan fingerprint density at radius 2 is 1.86 bits per heavy atom. The molecule has 3 nitrogen and oxygen atoms in total. The lowest BCUT2D eigenvalue weighted by Gasteiger charge is -2.16. The van der Waals surface area contributed by atoms with Crippen LogP contribution in [0.25, 0.3) is 0 Å². The van der Waals surface area contributed by atoms with Gasteiger partial charge in [-0.25, -0.2) is 4.39 Å². The van der Waals surface area contributed by atoms with E-state index in [0.717, 1.165) is 11.5 Å². The maximum atomic E-state index is 13.8. The van der Waals surface area contributed by atoms with Gasteiger partial charge in [0.2, 0.25) is 0 Å². The highest BCUT2D eigenvalue weighted by Gasteiger charge is 2.14. The van der Waals surface area contributed by atoms with Crippen molar-refractivity contribution in [2.45, 2.75) is 12.3 Å². The number of hydrogen-bond acceptors (Lipinski definition) is 3. The molecule has 0 aliphatic heterocycles. The first-order valence-corrected chi connectivity index (χ1v) is 6.96. The van der Waals surface area contributed by atoms with E-state index in [1.807, 2.05) is 30.3 Å². The van der Waals surface area contributed by atoms with Gasteiger partial charge in [-0.2, -0.15) is 0 Å². The van der Waals surface area contributed by atoms with E-state index in [1.54, 1.807) is 19.2 Å². The highest BCUT2D eigenvalue weighted by Crippen LogP contribution is 2.23. The first-order chi connectivity index (χ1) is 10.2. The SMILES string of the molecule is COc1cccc(OCCC(CN)c2ccccc2F)c1. The predicted molar refractivity (Wildman–Crippen MR) is 81.3 cm³/mol. The van der Waals surface area contributed by atoms with Crippen molar-refractivity contribution in [3.05, 3.63) is 59.9 Å². The van der Waals surface area contributed by atoms with Crippen molar-refractivity contribution in [2.24, 2.45) is 5.73 Å². The van der Waals surface area contributed by atoms with Crippen molar-refractivity contribution in [3.63, 3.8) is 0 Å². The van der Waals surface area contributed by atoms with Gasteiger partial charge in [0.05, 0.1) is 13.7 Å². The van der Waals surface area contributed by atoms with Gasteiger partial charge in [0.25, 0.3) is 0 Å². The van der Waals surface area contributed by atoms with Crippen LogP contribution in [-0.2, 0) is 0 Å². The van der Waals surface area contributed by atoms with Crippen molar-refractivity contribution in [3.8, 4) is 11.5 Å². The average Bonchev–Trinajstić information content (AvgIpc) is 2.53. The molecule has 21 heavy (non-hydrogen) atoms. The predicted octanol–water partition coefficient (Wildman–Crippen LogP) is 3.35. The Labute approximate surface area is 124 Å². The van der Waals surface area contributed by atoms with Crippen LogP contribution in [0.15, 0.2) is 48.5 Å². The normalized spacial score (nSPS) is 12.0. The molecule has 1 atom stereocenters. The lowest BCUT2D eigenvalue weighted by atomic mass is 9.96. The van der Waals surface area contributed by atoms with Crippen LogP contribution in [0, 0.1) is 5.82 Å². The minimum absolute atomic E-state index is 0.0446. The highest BCUT2D eigenvalue weighted by atomic mass is 19.1. The Morgan fingerprint density at radius 3 is 2.57 bits per heavy atom. The highest BCUT2D eigenvalue weighted by molar-refractivity contribution is 5.32. The van der Waals surface area contributed by atoms with Crippen LogP contribution in [0.1, 0.15) is 17.9 Å². The molecule has 2 N–H and O–H groups in total. The number of halogens is 1. The topological polar surface area (TPSA) is 44.5 Å². The summed E-state index contributed by atoms with van der Waals surface area (Å²) >= 11 is 0. The monoisotopic (exact) mass is 289 g/mol. The molecule has 0 radical (unpaired) electrons. The summed E-state index contributed by atoms with van der Waals surface area (Å²) in [7, 11) is 1.61. The van der Waals surface area contributed by atoms with Gasteiger partial charge in [0, 0.05) is 12.0 Å². The first-order valence-electron chi connectivity index (χ1n) is 6.96. The molecular formula is C17H20FNO2. The number of hydrogen-bond donors (Lipinski definition) is 1. The number of benzene rings is 2. The summed E-state index contributed by atoms with van der Waals surface area (Å²) in [5, 5.41) is 0. The molecule has 0 saturated carbocycles. The fraction of sp³-hybridized carbons (Fsp3) is 0.294. The molecule has 0 fully saturated rings. The van der Waals surface area contributed by atoms with Crippen LogP contribution < -0.4 is 15.2 Å². The number of nitrogens with two attached hydrogens (primary N) is 1. The van der Waals surface area contributed by atoms with E-state index in [9.17, 15) is 4.39 Å². The Kier molecular flexibility index (Phi) is 5.58. The van der Waals surface area contributed by atoms with Crippen LogP contribution in [-0.4, -0.2) is 20.3 Å². The third-order valence-corrected chi connectivity index (χ3v) is 3.41. The van der Waals surface area contributed by atoms with E-state index in [1.165, 1.54) is 6.07 Å². The van der Waals surface area contributed by atoms with Gasteiger partial charge in [-0.3, -0.25) is 0 Å². The van der Waals surface area contributed by atoms with Gasteiger partial charge in [0.1, 0.15) is 17.3 Å². The molecule has 0 aliphatic carbocycles. The summed E-state index contributed by atoms with van der Waals surface area (Å²) in [4.78, 5) is 0. The molecule has 2 aromatic carbocycles. The van der Waals surface area contributed by atoms with Gasteiger partial charge in [-0.05, 0) is 36.7 Å². The second kappa shape index (κ2) is 7.64. The molecule has 0 spiro atoms. The molecule has 0 aliphatic rings. The summed E-state index contributed by atoms with van der Waals surface area (Å²) in [5.74, 6) is 1.22. The van der Waals surface area contributed by atoms with Crippen LogP contribution >= 0.6 is 0 Å². The van der Waals surface area contributed by atoms with E-state index in [4.69, 9.17) is 15.2 Å². The van der Waals surface area contributed by atoms with Gasteiger partial charge in [-0.1, -0.05) is 24.3 Å². The van der Waals surface area contributed by atoms with Crippen molar-refractivity contribution >= 4 is 0 Å². The Bertz CT molecular complexity index is 574. The fourth-order valence-corrected chi connectivity index (χ4v) is 2.22. The minimum Gasteiger partial charge on any atom is -0.497 e. The van der Waals surface area contributed by atoms with Crippen LogP contribution in [0.3, 0.4) is 0 Å². The van der Waals surface area contributed by atoms with Gasteiger partial charge >= 0.3 is 0 Å². The maximum Gasteiger partial charge on any atom is 0.126 e. The van der Waals surface area contributed by atoms with E-state index < -0.39 is 0 Å². The zero-order chi connectivity index (χ0) is 15.1. The molecule has 0 aromatic heterocycles. The zero-order valence-electron chi connectivity index (χ0n) is 12.1. The largest absolute Gasteiger partial charge is 0.497 e. The standard InChI is InChI=1S/C17H20FNO2/c1-20-14-5-4-6-15(11-14)21-10-9-13(12-19)16-7-2-3-8-17(16)18/h2-8,11,13H,9-10,12,19H2,1H3. The molecule has 1 unspecified atom stereocenters. The summed E-state index contributed by atoms with van der Waals surface area (Å²) in [6.07, 6.45) is 0.661. The molecular weight excluding hydrogens is 269 g/mol. The molecule has 0 saturated heterocycles. The number of methoxy groups -OCH3 is 1. The smallest absolute Gasteiger partial charge is 0.126 e. The van der Waals surface area contributed by atoms with E-state index >= 15 is 0 Å². The van der Waals surface area contributed by atoms with E-state index in [2.05, 4.69) is 0 Å². The van der Waals surface area contributed by atoms with Crippen molar-refractivity contribution < 1.29 is 13.9 Å². The fourth-order valence-electron chi connectivity index (χ4n) is 2.22. The van der Waals surface area contributed by atoms with Gasteiger partial charge < -0.3 is 15.2 Å². The number of ether oxygens (including phenoxy) is 2. The second-order valence-corrected chi connectivity index (χ2v) is 4.77. The minimum atomic E-state index is -0.214.